The van der Waals surface area contributed by atoms with Gasteiger partial charge in [0.05, 0.1) is 6.61 Å². The van der Waals surface area contributed by atoms with E-state index in [0.717, 1.165) is 35.8 Å². The van der Waals surface area contributed by atoms with Gasteiger partial charge >= 0.3 is 0 Å². The predicted octanol–water partition coefficient (Wildman–Crippen LogP) is 2.90. The van der Waals surface area contributed by atoms with Crippen molar-refractivity contribution in [2.75, 3.05) is 17.7 Å². The Morgan fingerprint density at radius 2 is 1.95 bits per heavy atom. The van der Waals surface area contributed by atoms with E-state index in [4.69, 9.17) is 10.5 Å². The van der Waals surface area contributed by atoms with Crippen molar-refractivity contribution < 1.29 is 4.74 Å². The van der Waals surface area contributed by atoms with Crippen LogP contribution >= 0.6 is 0 Å². The molecule has 1 heterocycles. The maximum absolute atomic E-state index is 5.74. The summed E-state index contributed by atoms with van der Waals surface area (Å²) in [6.07, 6.45) is 2.45. The number of anilines is 3. The van der Waals surface area contributed by atoms with Crippen molar-refractivity contribution in [3.63, 3.8) is 0 Å². The summed E-state index contributed by atoms with van der Waals surface area (Å²) in [7, 11) is 0. The average molecular weight is 258 g/mol. The summed E-state index contributed by atoms with van der Waals surface area (Å²) in [6, 6.07) is 7.75. The molecule has 0 aliphatic heterocycles. The maximum Gasteiger partial charge on any atom is 0.138 e. The molecule has 0 fully saturated rings. The first kappa shape index (κ1) is 13.1. The van der Waals surface area contributed by atoms with E-state index >= 15 is 0 Å². The van der Waals surface area contributed by atoms with Crippen molar-refractivity contribution in [1.29, 1.82) is 0 Å². The minimum atomic E-state index is 0.486. The Balaban J connectivity index is 2.09. The normalized spacial score (nSPS) is 10.2. The minimum absolute atomic E-state index is 0.486. The first-order valence-corrected chi connectivity index (χ1v) is 6.27. The zero-order valence-corrected chi connectivity index (χ0v) is 11.2. The Morgan fingerprint density at radius 1 is 1.21 bits per heavy atom. The summed E-state index contributed by atoms with van der Waals surface area (Å²) >= 11 is 0. The van der Waals surface area contributed by atoms with Gasteiger partial charge in [-0.1, -0.05) is 6.92 Å². The minimum Gasteiger partial charge on any atom is -0.494 e. The zero-order chi connectivity index (χ0) is 13.7. The number of benzene rings is 1. The molecule has 0 aliphatic rings. The van der Waals surface area contributed by atoms with E-state index in [1.54, 1.807) is 0 Å². The van der Waals surface area contributed by atoms with Crippen molar-refractivity contribution in [1.82, 2.24) is 9.97 Å². The second kappa shape index (κ2) is 6.04. The van der Waals surface area contributed by atoms with E-state index in [9.17, 15) is 0 Å². The predicted molar refractivity (Wildman–Crippen MR) is 76.7 cm³/mol. The number of nitrogens with one attached hydrogen (secondary N) is 1. The van der Waals surface area contributed by atoms with Gasteiger partial charge in [-0.05, 0) is 37.6 Å². The van der Waals surface area contributed by atoms with E-state index in [0.29, 0.717) is 5.82 Å². The molecule has 5 nitrogen and oxygen atoms in total. The van der Waals surface area contributed by atoms with Crippen LogP contribution in [0.5, 0.6) is 5.75 Å². The molecule has 0 atom stereocenters. The molecule has 100 valence electrons. The average Bonchev–Trinajstić information content (AvgIpc) is 2.43. The molecule has 2 aromatic rings. The second-order valence-electron chi connectivity index (χ2n) is 4.23. The van der Waals surface area contributed by atoms with Crippen molar-refractivity contribution in [2.45, 2.75) is 20.3 Å². The topological polar surface area (TPSA) is 73.1 Å². The molecule has 0 amide bonds. The van der Waals surface area contributed by atoms with Crippen LogP contribution in [0.25, 0.3) is 0 Å². The van der Waals surface area contributed by atoms with Gasteiger partial charge in [-0.25, -0.2) is 9.97 Å². The number of ether oxygens (including phenoxy) is 1. The van der Waals surface area contributed by atoms with Crippen molar-refractivity contribution in [2.24, 2.45) is 0 Å². The van der Waals surface area contributed by atoms with Crippen molar-refractivity contribution in [3.05, 3.63) is 36.2 Å². The van der Waals surface area contributed by atoms with Crippen LogP contribution in [0.3, 0.4) is 0 Å². The third-order valence-corrected chi connectivity index (χ3v) is 2.71. The zero-order valence-electron chi connectivity index (χ0n) is 11.2. The number of nitrogens with two attached hydrogens (primary N) is 1. The SMILES string of the molecule is CCCOc1ccc(Nc2ncnc(N)c2C)cc1. The van der Waals surface area contributed by atoms with Crippen LogP contribution in [0.4, 0.5) is 17.3 Å². The van der Waals surface area contributed by atoms with Crippen molar-refractivity contribution >= 4 is 17.3 Å². The largest absolute Gasteiger partial charge is 0.494 e. The third kappa shape index (κ3) is 3.34. The van der Waals surface area contributed by atoms with Crippen LogP contribution in [0.2, 0.25) is 0 Å². The van der Waals surface area contributed by atoms with Crippen LogP contribution in [0, 0.1) is 6.92 Å². The number of rotatable bonds is 5. The Bertz CT molecular complexity index is 540. The highest BCUT2D eigenvalue weighted by Gasteiger charge is 2.04. The number of aromatic nitrogens is 2. The van der Waals surface area contributed by atoms with Gasteiger partial charge in [0.2, 0.25) is 0 Å². The van der Waals surface area contributed by atoms with Gasteiger partial charge in [0.25, 0.3) is 0 Å². The third-order valence-electron chi connectivity index (χ3n) is 2.71. The summed E-state index contributed by atoms with van der Waals surface area (Å²) in [5, 5.41) is 3.21. The van der Waals surface area contributed by atoms with Crippen LogP contribution in [-0.4, -0.2) is 16.6 Å². The Morgan fingerprint density at radius 3 is 2.63 bits per heavy atom. The lowest BCUT2D eigenvalue weighted by molar-refractivity contribution is 0.317. The molecule has 0 aliphatic carbocycles. The fraction of sp³-hybridized carbons (Fsp3) is 0.286. The van der Waals surface area contributed by atoms with E-state index in [-0.39, 0.29) is 0 Å². The summed E-state index contributed by atoms with van der Waals surface area (Å²) in [4.78, 5) is 8.11. The van der Waals surface area contributed by atoms with Gasteiger partial charge in [-0.2, -0.15) is 0 Å². The van der Waals surface area contributed by atoms with Gasteiger partial charge in [-0.3, -0.25) is 0 Å². The van der Waals surface area contributed by atoms with Crippen LogP contribution in [0.1, 0.15) is 18.9 Å². The Kier molecular flexibility index (Phi) is 4.18. The molecular weight excluding hydrogens is 240 g/mol. The molecule has 1 aromatic carbocycles. The second-order valence-corrected chi connectivity index (χ2v) is 4.23. The van der Waals surface area contributed by atoms with Gasteiger partial charge in [-0.15, -0.1) is 0 Å². The molecular formula is C14H18N4O. The molecule has 0 radical (unpaired) electrons. The monoisotopic (exact) mass is 258 g/mol. The molecule has 0 bridgehead atoms. The Labute approximate surface area is 112 Å². The number of nitrogen functional groups attached to an aromatic ring is 1. The molecule has 0 spiro atoms. The summed E-state index contributed by atoms with van der Waals surface area (Å²) in [5.41, 5.74) is 7.52. The lowest BCUT2D eigenvalue weighted by atomic mass is 10.2. The molecule has 1 aromatic heterocycles. The molecule has 3 N–H and O–H groups in total. The fourth-order valence-electron chi connectivity index (χ4n) is 1.58. The molecule has 0 saturated carbocycles. The number of nitrogens with zero attached hydrogens (tertiary/aromatic N) is 2. The molecule has 0 saturated heterocycles. The van der Waals surface area contributed by atoms with Crippen LogP contribution < -0.4 is 15.8 Å². The van der Waals surface area contributed by atoms with E-state index < -0.39 is 0 Å². The highest BCUT2D eigenvalue weighted by atomic mass is 16.5. The molecule has 2 rings (SSSR count). The van der Waals surface area contributed by atoms with E-state index in [1.807, 2.05) is 31.2 Å². The van der Waals surface area contributed by atoms with E-state index in [1.165, 1.54) is 6.33 Å². The summed E-state index contributed by atoms with van der Waals surface area (Å²) < 4.78 is 5.53. The van der Waals surface area contributed by atoms with Crippen LogP contribution in [0.15, 0.2) is 30.6 Å². The first-order chi connectivity index (χ1) is 9.20. The lowest BCUT2D eigenvalue weighted by Gasteiger charge is -2.10. The van der Waals surface area contributed by atoms with E-state index in [2.05, 4.69) is 22.2 Å². The molecule has 5 heteroatoms. The van der Waals surface area contributed by atoms with Gasteiger partial charge in [0, 0.05) is 11.3 Å². The lowest BCUT2D eigenvalue weighted by Crippen LogP contribution is -2.02. The highest BCUT2D eigenvalue weighted by Crippen LogP contribution is 2.22. The quantitative estimate of drug-likeness (QED) is 0.862. The summed E-state index contributed by atoms with van der Waals surface area (Å²) in [6.45, 7) is 4.70. The fourth-order valence-corrected chi connectivity index (χ4v) is 1.58. The van der Waals surface area contributed by atoms with Gasteiger partial charge in [0.1, 0.15) is 23.7 Å². The van der Waals surface area contributed by atoms with Crippen LogP contribution in [-0.2, 0) is 0 Å². The smallest absolute Gasteiger partial charge is 0.138 e. The van der Waals surface area contributed by atoms with Gasteiger partial charge < -0.3 is 15.8 Å². The number of hydrogen-bond acceptors (Lipinski definition) is 5. The standard InChI is InChI=1S/C14H18N4O/c1-3-8-19-12-6-4-11(5-7-12)18-14-10(2)13(15)16-9-17-14/h4-7,9H,3,8H2,1-2H3,(H3,15,16,17,18). The Hall–Kier alpha value is -2.30. The molecule has 19 heavy (non-hydrogen) atoms. The maximum atomic E-state index is 5.74. The number of hydrogen-bond donors (Lipinski definition) is 2. The van der Waals surface area contributed by atoms with Gasteiger partial charge in [0.15, 0.2) is 0 Å². The first-order valence-electron chi connectivity index (χ1n) is 6.27. The highest BCUT2D eigenvalue weighted by molar-refractivity contribution is 5.63. The molecule has 0 unspecified atom stereocenters. The van der Waals surface area contributed by atoms with Crippen molar-refractivity contribution in [3.8, 4) is 5.75 Å². The summed E-state index contributed by atoms with van der Waals surface area (Å²) in [5.74, 6) is 2.07.